The monoisotopic (exact) mass is 177 g/mol. The molecule has 12 heavy (non-hydrogen) atoms. The molecule has 0 spiro atoms. The van der Waals surface area contributed by atoms with Gasteiger partial charge in [0.1, 0.15) is 0 Å². The number of rotatable bonds is 1. The minimum absolute atomic E-state index is 0.491. The predicted octanol–water partition coefficient (Wildman–Crippen LogP) is 2.69. The van der Waals surface area contributed by atoms with E-state index in [4.69, 9.17) is 5.73 Å². The molecule has 1 saturated carbocycles. The van der Waals surface area contributed by atoms with Gasteiger partial charge in [0.25, 0.3) is 6.43 Å². The molecule has 0 atom stereocenters. The van der Waals surface area contributed by atoms with Gasteiger partial charge in [0.15, 0.2) is 0 Å². The summed E-state index contributed by atoms with van der Waals surface area (Å²) in [7, 11) is 0. The van der Waals surface area contributed by atoms with E-state index in [1.165, 1.54) is 6.42 Å². The zero-order valence-corrected chi connectivity index (χ0v) is 7.36. The van der Waals surface area contributed by atoms with Crippen LogP contribution in [0, 0.1) is 0 Å². The summed E-state index contributed by atoms with van der Waals surface area (Å²) in [5.41, 5.74) is 4.44. The van der Waals surface area contributed by atoms with Gasteiger partial charge in [-0.25, -0.2) is 8.78 Å². The second kappa shape index (κ2) is 4.17. The second-order valence-electron chi connectivity index (χ2n) is 3.80. The van der Waals surface area contributed by atoms with Crippen LogP contribution in [0.1, 0.15) is 44.9 Å². The van der Waals surface area contributed by atoms with Gasteiger partial charge in [0.2, 0.25) is 0 Å². The van der Waals surface area contributed by atoms with Crippen molar-refractivity contribution in [2.45, 2.75) is 56.9 Å². The van der Waals surface area contributed by atoms with Crippen molar-refractivity contribution in [3.05, 3.63) is 0 Å². The Bertz CT molecular complexity index is 128. The van der Waals surface area contributed by atoms with E-state index >= 15 is 0 Å². The Balaban J connectivity index is 2.48. The number of hydrogen-bond acceptors (Lipinski definition) is 1. The van der Waals surface area contributed by atoms with E-state index in [9.17, 15) is 8.78 Å². The first-order chi connectivity index (χ1) is 5.65. The average molecular weight is 177 g/mol. The summed E-state index contributed by atoms with van der Waals surface area (Å²) < 4.78 is 25.0. The average Bonchev–Trinajstić information content (AvgIpc) is 1.97. The highest BCUT2D eigenvalue weighted by Crippen LogP contribution is 2.29. The Labute approximate surface area is 72.3 Å². The smallest absolute Gasteiger partial charge is 0.256 e. The summed E-state index contributed by atoms with van der Waals surface area (Å²) >= 11 is 0. The molecule has 0 radical (unpaired) electrons. The van der Waals surface area contributed by atoms with E-state index in [2.05, 4.69) is 0 Å². The van der Waals surface area contributed by atoms with Crippen molar-refractivity contribution >= 4 is 0 Å². The Kier molecular flexibility index (Phi) is 3.44. The maximum atomic E-state index is 12.5. The summed E-state index contributed by atoms with van der Waals surface area (Å²) in [5.74, 6) is 0. The molecule has 0 aromatic rings. The lowest BCUT2D eigenvalue weighted by atomic mass is 9.85. The quantitative estimate of drug-likeness (QED) is 0.654. The first kappa shape index (κ1) is 9.90. The predicted molar refractivity (Wildman–Crippen MR) is 45.2 cm³/mol. The van der Waals surface area contributed by atoms with Crippen LogP contribution in [0.15, 0.2) is 0 Å². The zero-order valence-electron chi connectivity index (χ0n) is 7.36. The molecule has 0 heterocycles. The Morgan fingerprint density at radius 2 is 1.33 bits per heavy atom. The van der Waals surface area contributed by atoms with Crippen LogP contribution in [0.4, 0.5) is 8.78 Å². The molecule has 0 aliphatic heterocycles. The summed E-state index contributed by atoms with van der Waals surface area (Å²) in [6.45, 7) is 0. The Hall–Kier alpha value is -0.180. The van der Waals surface area contributed by atoms with Gasteiger partial charge in [0, 0.05) is 0 Å². The molecule has 0 aromatic carbocycles. The topological polar surface area (TPSA) is 26.0 Å². The highest BCUT2D eigenvalue weighted by atomic mass is 19.3. The van der Waals surface area contributed by atoms with Crippen LogP contribution < -0.4 is 5.73 Å². The molecule has 72 valence electrons. The molecular formula is C9H17F2N. The van der Waals surface area contributed by atoms with Gasteiger partial charge in [-0.15, -0.1) is 0 Å². The molecule has 1 rings (SSSR count). The van der Waals surface area contributed by atoms with E-state index < -0.39 is 12.0 Å². The molecule has 1 nitrogen and oxygen atoms in total. The van der Waals surface area contributed by atoms with Crippen LogP contribution in [0.3, 0.4) is 0 Å². The molecule has 0 amide bonds. The van der Waals surface area contributed by atoms with Gasteiger partial charge >= 0.3 is 0 Å². The maximum Gasteiger partial charge on any atom is 0.256 e. The minimum Gasteiger partial charge on any atom is -0.320 e. The molecular weight excluding hydrogens is 160 g/mol. The summed E-state index contributed by atoms with van der Waals surface area (Å²) in [4.78, 5) is 0. The van der Waals surface area contributed by atoms with Gasteiger partial charge in [-0.05, 0) is 12.8 Å². The number of halogens is 2. The summed E-state index contributed by atoms with van der Waals surface area (Å²) in [5, 5.41) is 0. The van der Waals surface area contributed by atoms with Crippen LogP contribution >= 0.6 is 0 Å². The molecule has 2 N–H and O–H groups in total. The van der Waals surface area contributed by atoms with Crippen LogP contribution in [0.25, 0.3) is 0 Å². The standard InChI is InChI=1S/C9H17F2N/c10-8(11)9(12)6-4-2-1-3-5-7-9/h8H,1-7,12H2. The van der Waals surface area contributed by atoms with Gasteiger partial charge in [0.05, 0.1) is 5.54 Å². The van der Waals surface area contributed by atoms with Crippen molar-refractivity contribution in [2.75, 3.05) is 0 Å². The first-order valence-electron chi connectivity index (χ1n) is 4.72. The Morgan fingerprint density at radius 1 is 0.917 bits per heavy atom. The normalized spacial score (nSPS) is 25.0. The van der Waals surface area contributed by atoms with Crippen molar-refractivity contribution < 1.29 is 8.78 Å². The third kappa shape index (κ3) is 2.41. The van der Waals surface area contributed by atoms with Crippen molar-refractivity contribution in [1.29, 1.82) is 0 Å². The fraction of sp³-hybridized carbons (Fsp3) is 1.00. The third-order valence-corrected chi connectivity index (χ3v) is 2.72. The number of hydrogen-bond donors (Lipinski definition) is 1. The van der Waals surface area contributed by atoms with Crippen LogP contribution in [0.5, 0.6) is 0 Å². The number of nitrogens with two attached hydrogens (primary N) is 1. The van der Waals surface area contributed by atoms with E-state index in [0.717, 1.165) is 25.7 Å². The van der Waals surface area contributed by atoms with Crippen molar-refractivity contribution in [3.8, 4) is 0 Å². The zero-order chi connectivity index (χ0) is 9.03. The molecule has 0 unspecified atom stereocenters. The van der Waals surface area contributed by atoms with Gasteiger partial charge in [-0.2, -0.15) is 0 Å². The molecule has 0 aromatic heterocycles. The highest BCUT2D eigenvalue weighted by Gasteiger charge is 2.34. The van der Waals surface area contributed by atoms with Crippen molar-refractivity contribution in [2.24, 2.45) is 5.73 Å². The van der Waals surface area contributed by atoms with Gasteiger partial charge < -0.3 is 5.73 Å². The summed E-state index contributed by atoms with van der Waals surface area (Å²) in [6.07, 6.45) is 3.66. The van der Waals surface area contributed by atoms with E-state index in [0.29, 0.717) is 12.8 Å². The molecule has 0 bridgehead atoms. The van der Waals surface area contributed by atoms with Gasteiger partial charge in [-0.1, -0.05) is 32.1 Å². The van der Waals surface area contributed by atoms with Crippen LogP contribution in [-0.4, -0.2) is 12.0 Å². The Morgan fingerprint density at radius 3 is 1.75 bits per heavy atom. The van der Waals surface area contributed by atoms with E-state index in [-0.39, 0.29) is 0 Å². The molecule has 1 aliphatic carbocycles. The maximum absolute atomic E-state index is 12.5. The first-order valence-corrected chi connectivity index (χ1v) is 4.72. The minimum atomic E-state index is -2.35. The third-order valence-electron chi connectivity index (χ3n) is 2.72. The van der Waals surface area contributed by atoms with Crippen LogP contribution in [0.2, 0.25) is 0 Å². The lowest BCUT2D eigenvalue weighted by Gasteiger charge is -2.30. The lowest BCUT2D eigenvalue weighted by molar-refractivity contribution is 0.0377. The highest BCUT2D eigenvalue weighted by molar-refractivity contribution is 4.87. The fourth-order valence-electron chi connectivity index (χ4n) is 1.78. The van der Waals surface area contributed by atoms with E-state index in [1.807, 2.05) is 0 Å². The number of alkyl halides is 2. The molecule has 1 fully saturated rings. The van der Waals surface area contributed by atoms with Crippen LogP contribution in [-0.2, 0) is 0 Å². The van der Waals surface area contributed by atoms with Crippen molar-refractivity contribution in [1.82, 2.24) is 0 Å². The lowest BCUT2D eigenvalue weighted by Crippen LogP contribution is -2.47. The largest absolute Gasteiger partial charge is 0.320 e. The van der Waals surface area contributed by atoms with E-state index in [1.54, 1.807) is 0 Å². The molecule has 0 saturated heterocycles. The van der Waals surface area contributed by atoms with Gasteiger partial charge in [-0.3, -0.25) is 0 Å². The fourth-order valence-corrected chi connectivity index (χ4v) is 1.78. The molecule has 1 aliphatic rings. The van der Waals surface area contributed by atoms with Crippen molar-refractivity contribution in [3.63, 3.8) is 0 Å². The summed E-state index contributed by atoms with van der Waals surface area (Å²) in [6, 6.07) is 0. The second-order valence-corrected chi connectivity index (χ2v) is 3.80. The SMILES string of the molecule is NC1(C(F)F)CCCCCCC1. The molecule has 3 heteroatoms.